The molecule has 1 saturated heterocycles. The molecule has 0 radical (unpaired) electrons. The molecular weight excluding hydrogens is 511 g/mol. The van der Waals surface area contributed by atoms with Gasteiger partial charge in [0.05, 0.1) is 26.2 Å². The van der Waals surface area contributed by atoms with Crippen LogP contribution in [0.25, 0.3) is 10.6 Å². The average molecular weight is 532 g/mol. The largest absolute Gasteiger partial charge is 0.420 e. The molecule has 2 aromatic heterocycles. The number of piperazine rings is 1. The second kappa shape index (κ2) is 9.33. The molecule has 0 bridgehead atoms. The molecule has 182 valence electrons. The fraction of sp³-hybridized carbons (Fsp3) is 0.333. The quantitative estimate of drug-likeness (QED) is 0.488. The van der Waals surface area contributed by atoms with E-state index in [1.165, 1.54) is 11.4 Å². The molecule has 0 aliphatic carbocycles. The van der Waals surface area contributed by atoms with Gasteiger partial charge in [-0.1, -0.05) is 11.6 Å². The van der Waals surface area contributed by atoms with Crippen LogP contribution in [0.4, 0.5) is 30.5 Å². The van der Waals surface area contributed by atoms with Gasteiger partial charge in [0.15, 0.2) is 9.84 Å². The Morgan fingerprint density at radius 3 is 2.68 bits per heavy atom. The zero-order valence-electron chi connectivity index (χ0n) is 18.1. The number of thiophene rings is 1. The van der Waals surface area contributed by atoms with E-state index >= 15 is 0 Å². The van der Waals surface area contributed by atoms with Crippen molar-refractivity contribution < 1.29 is 21.6 Å². The summed E-state index contributed by atoms with van der Waals surface area (Å²) in [5.41, 5.74) is -0.103. The molecule has 34 heavy (non-hydrogen) atoms. The van der Waals surface area contributed by atoms with E-state index in [1.807, 2.05) is 6.07 Å². The number of anilines is 3. The highest BCUT2D eigenvalue weighted by Crippen LogP contribution is 2.39. The van der Waals surface area contributed by atoms with E-state index in [1.54, 1.807) is 12.1 Å². The molecule has 1 aliphatic rings. The number of nitrogens with one attached hydrogen (secondary N) is 2. The SMILES string of the molecule is CC1CN(c2ccc(Nc3ncc(C(F)(F)F)c(-c4cc(S(C)(=O)=O)cs4)n3)c(Cl)c2)CCN1. The molecule has 0 saturated carbocycles. The molecule has 4 rings (SSSR count). The first-order valence-electron chi connectivity index (χ1n) is 10.2. The Hall–Kier alpha value is -2.41. The third-order valence-corrected chi connectivity index (χ3v) is 7.75. The van der Waals surface area contributed by atoms with Gasteiger partial charge in [-0.25, -0.2) is 18.4 Å². The lowest BCUT2D eigenvalue weighted by atomic mass is 10.2. The molecule has 2 N–H and O–H groups in total. The van der Waals surface area contributed by atoms with E-state index < -0.39 is 27.3 Å². The standard InChI is InChI=1S/C21H21ClF3N5O2S2/c1-12-10-30(6-5-26-12)13-3-4-17(16(22)7-13)28-20-27-9-15(21(23,24)25)19(29-20)18-8-14(11-33-18)34(2,31)32/h3-4,7-9,11-12,26H,5-6,10H2,1-2H3,(H,27,28,29). The summed E-state index contributed by atoms with van der Waals surface area (Å²) in [7, 11) is -3.57. The first-order valence-corrected chi connectivity index (χ1v) is 13.3. The Labute approximate surface area is 203 Å². The zero-order chi connectivity index (χ0) is 24.7. The van der Waals surface area contributed by atoms with Crippen molar-refractivity contribution in [3.05, 3.63) is 46.4 Å². The Kier molecular flexibility index (Phi) is 6.78. The number of hydrogen-bond donors (Lipinski definition) is 2. The molecule has 1 fully saturated rings. The Morgan fingerprint density at radius 2 is 2.06 bits per heavy atom. The highest BCUT2D eigenvalue weighted by atomic mass is 35.5. The molecule has 3 heterocycles. The van der Waals surface area contributed by atoms with Crippen LogP contribution in [0.1, 0.15) is 12.5 Å². The smallest absolute Gasteiger partial charge is 0.369 e. The fourth-order valence-electron chi connectivity index (χ4n) is 3.56. The number of aromatic nitrogens is 2. The van der Waals surface area contributed by atoms with E-state index in [0.29, 0.717) is 22.9 Å². The maximum absolute atomic E-state index is 13.6. The van der Waals surface area contributed by atoms with Crippen LogP contribution >= 0.6 is 22.9 Å². The summed E-state index contributed by atoms with van der Waals surface area (Å²) in [6, 6.07) is 6.89. The number of nitrogens with zero attached hydrogens (tertiary/aromatic N) is 3. The van der Waals surface area contributed by atoms with Crippen molar-refractivity contribution in [2.24, 2.45) is 0 Å². The summed E-state index contributed by atoms with van der Waals surface area (Å²) in [5, 5.41) is 7.89. The second-order valence-corrected chi connectivity index (χ2v) is 11.3. The Morgan fingerprint density at radius 1 is 1.29 bits per heavy atom. The lowest BCUT2D eigenvalue weighted by Crippen LogP contribution is -2.49. The topological polar surface area (TPSA) is 87.2 Å². The van der Waals surface area contributed by atoms with Gasteiger partial charge >= 0.3 is 6.18 Å². The molecular formula is C21H21ClF3N5O2S2. The van der Waals surface area contributed by atoms with Crippen molar-refractivity contribution in [3.8, 4) is 10.6 Å². The van der Waals surface area contributed by atoms with Crippen molar-refractivity contribution in [2.45, 2.75) is 24.0 Å². The Bertz CT molecular complexity index is 1310. The van der Waals surface area contributed by atoms with E-state index in [9.17, 15) is 21.6 Å². The van der Waals surface area contributed by atoms with Crippen LogP contribution in [-0.4, -0.2) is 50.3 Å². The molecule has 1 atom stereocenters. The van der Waals surface area contributed by atoms with Crippen LogP contribution in [0.5, 0.6) is 0 Å². The van der Waals surface area contributed by atoms with Gasteiger partial charge in [0.2, 0.25) is 5.95 Å². The predicted octanol–water partition coefficient (Wildman–Crippen LogP) is 4.82. The van der Waals surface area contributed by atoms with Crippen LogP contribution in [-0.2, 0) is 16.0 Å². The van der Waals surface area contributed by atoms with Gasteiger partial charge in [0.25, 0.3) is 0 Å². The van der Waals surface area contributed by atoms with Crippen molar-refractivity contribution in [3.63, 3.8) is 0 Å². The monoisotopic (exact) mass is 531 g/mol. The average Bonchev–Trinajstić information content (AvgIpc) is 3.25. The minimum atomic E-state index is -4.72. The minimum Gasteiger partial charge on any atom is -0.369 e. The van der Waals surface area contributed by atoms with E-state index in [2.05, 4.69) is 32.4 Å². The van der Waals surface area contributed by atoms with E-state index in [-0.39, 0.29) is 15.7 Å². The molecule has 0 spiro atoms. The van der Waals surface area contributed by atoms with Gasteiger partial charge in [-0.05, 0) is 31.2 Å². The second-order valence-electron chi connectivity index (χ2n) is 7.96. The molecule has 0 amide bonds. The molecule has 1 aromatic carbocycles. The van der Waals surface area contributed by atoms with Gasteiger partial charge in [0, 0.05) is 49.2 Å². The highest BCUT2D eigenvalue weighted by Gasteiger charge is 2.36. The lowest BCUT2D eigenvalue weighted by Gasteiger charge is -2.33. The van der Waals surface area contributed by atoms with Gasteiger partial charge < -0.3 is 15.5 Å². The Balaban J connectivity index is 1.65. The number of sulfone groups is 1. The molecule has 3 aromatic rings. The highest BCUT2D eigenvalue weighted by molar-refractivity contribution is 7.90. The van der Waals surface area contributed by atoms with Crippen molar-refractivity contribution >= 4 is 50.1 Å². The lowest BCUT2D eigenvalue weighted by molar-refractivity contribution is -0.137. The van der Waals surface area contributed by atoms with Crippen molar-refractivity contribution in [1.82, 2.24) is 15.3 Å². The molecule has 7 nitrogen and oxygen atoms in total. The third-order valence-electron chi connectivity index (χ3n) is 5.26. The maximum atomic E-state index is 13.6. The normalized spacial score (nSPS) is 17.1. The molecule has 13 heteroatoms. The molecule has 1 unspecified atom stereocenters. The summed E-state index contributed by atoms with van der Waals surface area (Å²) in [5.74, 6) is -0.0947. The first kappa shape index (κ1) is 24.7. The van der Waals surface area contributed by atoms with Crippen molar-refractivity contribution in [2.75, 3.05) is 36.1 Å². The predicted molar refractivity (Wildman–Crippen MR) is 128 cm³/mol. The number of rotatable bonds is 5. The molecule has 1 aliphatic heterocycles. The number of hydrogen-bond acceptors (Lipinski definition) is 8. The number of alkyl halides is 3. The maximum Gasteiger partial charge on any atom is 0.420 e. The summed E-state index contributed by atoms with van der Waals surface area (Å²) < 4.78 is 64.4. The fourth-order valence-corrected chi connectivity index (χ4v) is 5.81. The summed E-state index contributed by atoms with van der Waals surface area (Å²) in [6.07, 6.45) is -3.05. The summed E-state index contributed by atoms with van der Waals surface area (Å²) in [6.45, 7) is 4.60. The van der Waals surface area contributed by atoms with Crippen LogP contribution in [0, 0.1) is 0 Å². The van der Waals surface area contributed by atoms with E-state index in [4.69, 9.17) is 11.6 Å². The summed E-state index contributed by atoms with van der Waals surface area (Å²) >= 11 is 7.31. The summed E-state index contributed by atoms with van der Waals surface area (Å²) in [4.78, 5) is 10.1. The number of halogens is 4. The zero-order valence-corrected chi connectivity index (χ0v) is 20.5. The van der Waals surface area contributed by atoms with Gasteiger partial charge in [0.1, 0.15) is 5.56 Å². The van der Waals surface area contributed by atoms with Gasteiger partial charge in [-0.3, -0.25) is 0 Å². The van der Waals surface area contributed by atoms with Gasteiger partial charge in [-0.2, -0.15) is 13.2 Å². The van der Waals surface area contributed by atoms with Crippen LogP contribution in [0.15, 0.2) is 40.7 Å². The van der Waals surface area contributed by atoms with E-state index in [0.717, 1.165) is 42.9 Å². The third kappa shape index (κ3) is 5.45. The first-order chi connectivity index (χ1) is 15.9. The van der Waals surface area contributed by atoms with Crippen LogP contribution in [0.2, 0.25) is 5.02 Å². The number of benzene rings is 1. The van der Waals surface area contributed by atoms with Gasteiger partial charge in [-0.15, -0.1) is 11.3 Å². The van der Waals surface area contributed by atoms with Crippen LogP contribution in [0.3, 0.4) is 0 Å². The van der Waals surface area contributed by atoms with Crippen LogP contribution < -0.4 is 15.5 Å². The minimum absolute atomic E-state index is 0.0625. The van der Waals surface area contributed by atoms with Crippen molar-refractivity contribution in [1.29, 1.82) is 0 Å².